The first-order valence-corrected chi connectivity index (χ1v) is 8.99. The normalized spacial score (nSPS) is 19.7. The number of benzene rings is 2. The summed E-state index contributed by atoms with van der Waals surface area (Å²) in [5, 5.41) is 6.70. The number of ketones is 1. The highest BCUT2D eigenvalue weighted by Gasteiger charge is 2.38. The molecule has 134 valence electrons. The van der Waals surface area contributed by atoms with Crippen LogP contribution in [0.4, 0.5) is 0 Å². The smallest absolute Gasteiger partial charge is 0.174 e. The second-order valence-corrected chi connectivity index (χ2v) is 6.92. The molecule has 0 spiro atoms. The van der Waals surface area contributed by atoms with Crippen molar-refractivity contribution < 1.29 is 9.53 Å². The lowest BCUT2D eigenvalue weighted by molar-refractivity contribution is 0.0911. The number of hydrogen-bond donors (Lipinski definition) is 2. The molecule has 0 unspecified atom stereocenters. The highest BCUT2D eigenvalue weighted by Crippen LogP contribution is 2.36. The third-order valence-corrected chi connectivity index (χ3v) is 4.45. The Balaban J connectivity index is 2.03. The van der Waals surface area contributed by atoms with Crippen LogP contribution in [0, 0.1) is 5.92 Å². The van der Waals surface area contributed by atoms with Gasteiger partial charge in [0.15, 0.2) is 10.9 Å². The van der Waals surface area contributed by atoms with Gasteiger partial charge in [0.25, 0.3) is 0 Å². The van der Waals surface area contributed by atoms with Crippen LogP contribution < -0.4 is 15.4 Å². The molecule has 2 aromatic rings. The first kappa shape index (κ1) is 18.1. The molecule has 0 saturated carbocycles. The van der Waals surface area contributed by atoms with Gasteiger partial charge in [-0.05, 0) is 32.1 Å². The molecule has 1 fully saturated rings. The maximum Gasteiger partial charge on any atom is 0.174 e. The maximum atomic E-state index is 13.2. The van der Waals surface area contributed by atoms with Crippen molar-refractivity contribution in [3.05, 3.63) is 78.0 Å². The van der Waals surface area contributed by atoms with Crippen LogP contribution in [0.15, 0.2) is 66.9 Å². The molecule has 3 rings (SSSR count). The third-order valence-electron chi connectivity index (χ3n) is 4.23. The van der Waals surface area contributed by atoms with E-state index in [9.17, 15) is 4.79 Å². The lowest BCUT2D eigenvalue weighted by Gasteiger charge is -2.36. The Morgan fingerprint density at radius 2 is 1.77 bits per heavy atom. The third kappa shape index (κ3) is 3.78. The summed E-state index contributed by atoms with van der Waals surface area (Å²) in [6.07, 6.45) is 0.0243. The van der Waals surface area contributed by atoms with Crippen LogP contribution in [0.5, 0.6) is 5.75 Å². The van der Waals surface area contributed by atoms with Crippen molar-refractivity contribution in [2.24, 2.45) is 5.92 Å². The van der Waals surface area contributed by atoms with Crippen molar-refractivity contribution in [2.75, 3.05) is 0 Å². The van der Waals surface area contributed by atoms with Crippen molar-refractivity contribution in [3.63, 3.8) is 0 Å². The molecule has 1 heterocycles. The number of para-hydroxylation sites is 1. The second kappa shape index (κ2) is 7.70. The predicted molar refractivity (Wildman–Crippen MR) is 107 cm³/mol. The quantitative estimate of drug-likeness (QED) is 0.619. The van der Waals surface area contributed by atoms with Gasteiger partial charge in [-0.3, -0.25) is 4.79 Å². The molecule has 0 radical (unpaired) electrons. The van der Waals surface area contributed by atoms with Gasteiger partial charge in [-0.15, -0.1) is 0 Å². The van der Waals surface area contributed by atoms with E-state index in [4.69, 9.17) is 17.0 Å². The summed E-state index contributed by atoms with van der Waals surface area (Å²) in [6.45, 7) is 8.01. The van der Waals surface area contributed by atoms with Gasteiger partial charge in [0.05, 0.1) is 18.1 Å². The first-order chi connectivity index (χ1) is 12.5. The van der Waals surface area contributed by atoms with E-state index in [2.05, 4.69) is 17.2 Å². The predicted octanol–water partition coefficient (Wildman–Crippen LogP) is 4.01. The maximum absolute atomic E-state index is 13.2. The number of thiocarbonyl (C=S) groups is 1. The minimum Gasteiger partial charge on any atom is -0.491 e. The van der Waals surface area contributed by atoms with E-state index in [0.717, 1.165) is 11.3 Å². The van der Waals surface area contributed by atoms with Crippen molar-refractivity contribution in [3.8, 4) is 5.75 Å². The highest BCUT2D eigenvalue weighted by molar-refractivity contribution is 7.80. The lowest BCUT2D eigenvalue weighted by Crippen LogP contribution is -2.50. The number of ether oxygens (including phenoxy) is 1. The number of hydrogen-bond acceptors (Lipinski definition) is 3. The van der Waals surface area contributed by atoms with Gasteiger partial charge in [0.1, 0.15) is 5.75 Å². The average Bonchev–Trinajstić information content (AvgIpc) is 2.61. The summed E-state index contributed by atoms with van der Waals surface area (Å²) >= 11 is 5.31. The zero-order chi connectivity index (χ0) is 18.7. The van der Waals surface area contributed by atoms with Gasteiger partial charge >= 0.3 is 0 Å². The summed E-state index contributed by atoms with van der Waals surface area (Å²) in [6, 6.07) is 16.6. The molecule has 0 amide bonds. The van der Waals surface area contributed by atoms with Gasteiger partial charge in [-0.1, -0.05) is 55.1 Å². The fraction of sp³-hybridized carbons (Fsp3) is 0.238. The molecule has 0 aliphatic carbocycles. The van der Waals surface area contributed by atoms with Gasteiger partial charge < -0.3 is 15.4 Å². The minimum absolute atomic E-state index is 0.0116. The van der Waals surface area contributed by atoms with E-state index in [1.54, 1.807) is 0 Å². The molecular formula is C21H22N2O2S. The summed E-state index contributed by atoms with van der Waals surface area (Å²) in [7, 11) is 0. The van der Waals surface area contributed by atoms with Crippen molar-refractivity contribution in [1.82, 2.24) is 10.6 Å². The molecule has 1 aliphatic rings. The van der Waals surface area contributed by atoms with Crippen LogP contribution >= 0.6 is 12.2 Å². The van der Waals surface area contributed by atoms with Gasteiger partial charge in [0.2, 0.25) is 0 Å². The zero-order valence-electron chi connectivity index (χ0n) is 14.9. The zero-order valence-corrected chi connectivity index (χ0v) is 15.7. The summed E-state index contributed by atoms with van der Waals surface area (Å²) < 4.78 is 5.96. The van der Waals surface area contributed by atoms with Crippen LogP contribution in [0.3, 0.4) is 0 Å². The number of Topliss-reactive ketones (excluding diaryl/α,β-unsaturated/α-hetero) is 1. The largest absolute Gasteiger partial charge is 0.491 e. The van der Waals surface area contributed by atoms with E-state index in [1.165, 1.54) is 0 Å². The molecule has 2 aromatic carbocycles. The molecule has 0 bridgehead atoms. The SMILES string of the molecule is C=C1NC(=S)N[C@H](c2ccccc2OC(C)C)[C@H]1C(=O)c1ccccc1. The highest BCUT2D eigenvalue weighted by atomic mass is 32.1. The standard InChI is InChI=1S/C21H22N2O2S/c1-13(2)25-17-12-8-7-11-16(17)19-18(14(3)22-21(26)23-19)20(24)15-9-5-4-6-10-15/h4-13,18-19H,3H2,1-2H3,(H2,22,23,26)/t18-,19+/m0/s1. The Hall–Kier alpha value is -2.66. The molecule has 0 aromatic heterocycles. The van der Waals surface area contributed by atoms with Crippen LogP contribution in [-0.4, -0.2) is 17.0 Å². The van der Waals surface area contributed by atoms with Gasteiger partial charge in [-0.2, -0.15) is 0 Å². The van der Waals surface area contributed by atoms with Crippen LogP contribution in [0.25, 0.3) is 0 Å². The Labute approximate surface area is 159 Å². The molecule has 4 nitrogen and oxygen atoms in total. The van der Waals surface area contributed by atoms with Gasteiger partial charge in [0, 0.05) is 16.8 Å². The Morgan fingerprint density at radius 3 is 2.46 bits per heavy atom. The topological polar surface area (TPSA) is 50.4 Å². The van der Waals surface area contributed by atoms with E-state index >= 15 is 0 Å². The van der Waals surface area contributed by atoms with Crippen LogP contribution in [-0.2, 0) is 0 Å². The Kier molecular flexibility index (Phi) is 5.38. The summed E-state index contributed by atoms with van der Waals surface area (Å²) in [5.74, 6) is 0.229. The molecule has 1 aliphatic heterocycles. The Morgan fingerprint density at radius 1 is 1.12 bits per heavy atom. The average molecular weight is 366 g/mol. The monoisotopic (exact) mass is 366 g/mol. The van der Waals surface area contributed by atoms with E-state index < -0.39 is 5.92 Å². The number of carbonyl (C=O) groups excluding carboxylic acids is 1. The van der Waals surface area contributed by atoms with E-state index in [0.29, 0.717) is 16.4 Å². The van der Waals surface area contributed by atoms with Crippen molar-refractivity contribution in [2.45, 2.75) is 26.0 Å². The number of carbonyl (C=O) groups is 1. The van der Waals surface area contributed by atoms with Crippen LogP contribution in [0.2, 0.25) is 0 Å². The molecule has 5 heteroatoms. The number of nitrogens with one attached hydrogen (secondary N) is 2. The molecule has 2 N–H and O–H groups in total. The molecule has 26 heavy (non-hydrogen) atoms. The fourth-order valence-electron chi connectivity index (χ4n) is 3.13. The molecule has 2 atom stereocenters. The van der Waals surface area contributed by atoms with Crippen molar-refractivity contribution >= 4 is 23.1 Å². The summed E-state index contributed by atoms with van der Waals surface area (Å²) in [5.41, 5.74) is 2.12. The first-order valence-electron chi connectivity index (χ1n) is 8.58. The minimum atomic E-state index is -0.499. The molecular weight excluding hydrogens is 344 g/mol. The summed E-state index contributed by atoms with van der Waals surface area (Å²) in [4.78, 5) is 13.2. The lowest BCUT2D eigenvalue weighted by atomic mass is 9.83. The number of rotatable bonds is 5. The van der Waals surface area contributed by atoms with Crippen molar-refractivity contribution in [1.29, 1.82) is 0 Å². The fourth-order valence-corrected chi connectivity index (χ4v) is 3.39. The molecule has 1 saturated heterocycles. The van der Waals surface area contributed by atoms with Crippen LogP contribution in [0.1, 0.15) is 35.8 Å². The Bertz CT molecular complexity index is 833. The second-order valence-electron chi connectivity index (χ2n) is 6.51. The van der Waals surface area contributed by atoms with Gasteiger partial charge in [-0.25, -0.2) is 0 Å². The van der Waals surface area contributed by atoms with E-state index in [1.807, 2.05) is 68.4 Å². The van der Waals surface area contributed by atoms with E-state index in [-0.39, 0.29) is 17.9 Å².